The zero-order valence-corrected chi connectivity index (χ0v) is 8.89. The van der Waals surface area contributed by atoms with Gasteiger partial charge in [-0.25, -0.2) is 4.39 Å². The Bertz CT molecular complexity index is 307. The molecular weight excluding hydrogens is 175 g/mol. The third-order valence-electron chi connectivity index (χ3n) is 3.26. The van der Waals surface area contributed by atoms with Gasteiger partial charge in [0.1, 0.15) is 5.82 Å². The van der Waals surface area contributed by atoms with Crippen molar-refractivity contribution < 1.29 is 4.39 Å². The predicted molar refractivity (Wildman–Crippen MR) is 56.6 cm³/mol. The molecule has 2 rings (SSSR count). The van der Waals surface area contributed by atoms with Gasteiger partial charge < -0.3 is 0 Å². The van der Waals surface area contributed by atoms with Crippen LogP contribution in [0.2, 0.25) is 0 Å². The van der Waals surface area contributed by atoms with Crippen LogP contribution >= 0.6 is 0 Å². The second-order valence-electron chi connectivity index (χ2n) is 5.07. The highest BCUT2D eigenvalue weighted by molar-refractivity contribution is 5.18. The van der Waals surface area contributed by atoms with Crippen LogP contribution in [0.1, 0.15) is 32.3 Å². The number of benzene rings is 1. The summed E-state index contributed by atoms with van der Waals surface area (Å²) < 4.78 is 12.7. The van der Waals surface area contributed by atoms with Crippen LogP contribution in [-0.2, 0) is 6.42 Å². The molecule has 1 aliphatic rings. The maximum Gasteiger partial charge on any atom is 0.123 e. The Kier molecular flexibility index (Phi) is 2.34. The van der Waals surface area contributed by atoms with E-state index in [2.05, 4.69) is 13.8 Å². The molecule has 0 heterocycles. The Morgan fingerprint density at radius 3 is 2.29 bits per heavy atom. The van der Waals surface area contributed by atoms with Gasteiger partial charge in [0.2, 0.25) is 0 Å². The van der Waals surface area contributed by atoms with Crippen LogP contribution in [0.3, 0.4) is 0 Å². The molecule has 14 heavy (non-hydrogen) atoms. The molecule has 1 aromatic rings. The van der Waals surface area contributed by atoms with Crippen LogP contribution in [0.15, 0.2) is 24.3 Å². The van der Waals surface area contributed by atoms with Crippen molar-refractivity contribution in [3.8, 4) is 0 Å². The van der Waals surface area contributed by atoms with E-state index in [0.717, 1.165) is 12.3 Å². The van der Waals surface area contributed by atoms with E-state index in [-0.39, 0.29) is 5.82 Å². The molecule has 0 atom stereocenters. The van der Waals surface area contributed by atoms with Crippen LogP contribution in [0, 0.1) is 17.2 Å². The van der Waals surface area contributed by atoms with Crippen molar-refractivity contribution in [2.75, 3.05) is 0 Å². The molecular formula is C13H17F. The van der Waals surface area contributed by atoms with Gasteiger partial charge >= 0.3 is 0 Å². The summed E-state index contributed by atoms with van der Waals surface area (Å²) in [5, 5.41) is 0. The molecule has 1 aromatic carbocycles. The first kappa shape index (κ1) is 9.70. The number of halogens is 1. The highest BCUT2D eigenvalue weighted by Gasteiger charge is 2.37. The Hall–Kier alpha value is -0.850. The maximum atomic E-state index is 12.7. The lowest BCUT2D eigenvalue weighted by molar-refractivity contribution is 0.307. The normalized spacial score (nSPS) is 17.1. The van der Waals surface area contributed by atoms with Crippen LogP contribution in [0.25, 0.3) is 0 Å². The lowest BCUT2D eigenvalue weighted by Crippen LogP contribution is -2.17. The number of hydrogen-bond acceptors (Lipinski definition) is 0. The molecule has 0 unspecified atom stereocenters. The Labute approximate surface area is 85.1 Å². The van der Waals surface area contributed by atoms with Gasteiger partial charge in [0.25, 0.3) is 0 Å². The fourth-order valence-corrected chi connectivity index (χ4v) is 2.14. The first-order valence-corrected chi connectivity index (χ1v) is 5.32. The zero-order chi connectivity index (χ0) is 10.2. The quantitative estimate of drug-likeness (QED) is 0.683. The molecule has 0 amide bonds. The van der Waals surface area contributed by atoms with E-state index < -0.39 is 0 Å². The van der Waals surface area contributed by atoms with Gasteiger partial charge in [-0.05, 0) is 48.3 Å². The summed E-state index contributed by atoms with van der Waals surface area (Å²) in [6.45, 7) is 4.63. The number of hydrogen-bond donors (Lipinski definition) is 0. The average Bonchev–Trinajstić information content (AvgIpc) is 2.91. The molecule has 1 saturated carbocycles. The molecule has 0 aliphatic heterocycles. The monoisotopic (exact) mass is 192 g/mol. The van der Waals surface area contributed by atoms with Crippen LogP contribution in [0.5, 0.6) is 0 Å². The van der Waals surface area contributed by atoms with Gasteiger partial charge in [0.15, 0.2) is 0 Å². The maximum absolute atomic E-state index is 12.7. The lowest BCUT2D eigenvalue weighted by Gasteiger charge is -2.24. The Morgan fingerprint density at radius 1 is 1.21 bits per heavy atom. The van der Waals surface area contributed by atoms with E-state index in [1.807, 2.05) is 12.1 Å². The lowest BCUT2D eigenvalue weighted by atomic mass is 9.81. The molecule has 0 saturated heterocycles. The van der Waals surface area contributed by atoms with Crippen LogP contribution in [0.4, 0.5) is 4.39 Å². The fourth-order valence-electron chi connectivity index (χ4n) is 2.14. The second kappa shape index (κ2) is 3.38. The van der Waals surface area contributed by atoms with E-state index in [4.69, 9.17) is 0 Å². The third kappa shape index (κ3) is 2.14. The third-order valence-corrected chi connectivity index (χ3v) is 3.26. The minimum absolute atomic E-state index is 0.141. The zero-order valence-electron chi connectivity index (χ0n) is 8.89. The Balaban J connectivity index is 2.06. The van der Waals surface area contributed by atoms with Gasteiger partial charge in [0.05, 0.1) is 0 Å². The van der Waals surface area contributed by atoms with Gasteiger partial charge in [-0.3, -0.25) is 0 Å². The largest absolute Gasteiger partial charge is 0.207 e. The van der Waals surface area contributed by atoms with Gasteiger partial charge in [-0.15, -0.1) is 0 Å². The Morgan fingerprint density at radius 2 is 1.79 bits per heavy atom. The summed E-state index contributed by atoms with van der Waals surface area (Å²) in [7, 11) is 0. The van der Waals surface area contributed by atoms with E-state index in [0.29, 0.717) is 5.41 Å². The average molecular weight is 192 g/mol. The smallest absolute Gasteiger partial charge is 0.123 e. The molecule has 0 radical (unpaired) electrons. The van der Waals surface area contributed by atoms with E-state index in [1.54, 1.807) is 12.1 Å². The highest BCUT2D eigenvalue weighted by atomic mass is 19.1. The van der Waals surface area contributed by atoms with Crippen molar-refractivity contribution in [1.82, 2.24) is 0 Å². The molecule has 0 nitrogen and oxygen atoms in total. The number of rotatable bonds is 3. The molecule has 76 valence electrons. The minimum atomic E-state index is -0.141. The van der Waals surface area contributed by atoms with Gasteiger partial charge in [0, 0.05) is 0 Å². The minimum Gasteiger partial charge on any atom is -0.207 e. The summed E-state index contributed by atoms with van der Waals surface area (Å²) in [5.74, 6) is 0.741. The van der Waals surface area contributed by atoms with Crippen molar-refractivity contribution >= 4 is 0 Å². The van der Waals surface area contributed by atoms with Crippen molar-refractivity contribution in [2.24, 2.45) is 11.3 Å². The van der Waals surface area contributed by atoms with Gasteiger partial charge in [-0.2, -0.15) is 0 Å². The summed E-state index contributed by atoms with van der Waals surface area (Å²) >= 11 is 0. The van der Waals surface area contributed by atoms with E-state index in [9.17, 15) is 4.39 Å². The van der Waals surface area contributed by atoms with Gasteiger partial charge in [-0.1, -0.05) is 26.0 Å². The first-order valence-electron chi connectivity index (χ1n) is 5.32. The molecule has 0 N–H and O–H groups in total. The molecule has 0 bridgehead atoms. The van der Waals surface area contributed by atoms with E-state index in [1.165, 1.54) is 18.4 Å². The molecule has 0 aromatic heterocycles. The van der Waals surface area contributed by atoms with Crippen molar-refractivity contribution in [2.45, 2.75) is 33.1 Å². The van der Waals surface area contributed by atoms with Crippen molar-refractivity contribution in [1.29, 1.82) is 0 Å². The first-order chi connectivity index (χ1) is 6.58. The highest BCUT2D eigenvalue weighted by Crippen LogP contribution is 2.46. The summed E-state index contributed by atoms with van der Waals surface area (Å²) in [6, 6.07) is 6.91. The van der Waals surface area contributed by atoms with Crippen LogP contribution in [-0.4, -0.2) is 0 Å². The van der Waals surface area contributed by atoms with E-state index >= 15 is 0 Å². The molecule has 1 heteroatoms. The van der Waals surface area contributed by atoms with Crippen LogP contribution < -0.4 is 0 Å². The topological polar surface area (TPSA) is 0 Å². The standard InChI is InChI=1S/C13H17F/c1-13(2,11-5-6-11)9-10-3-7-12(14)8-4-10/h3-4,7-8,11H,5-6,9H2,1-2H3. The summed E-state index contributed by atoms with van der Waals surface area (Å²) in [6.07, 6.45) is 3.81. The molecule has 0 spiro atoms. The summed E-state index contributed by atoms with van der Waals surface area (Å²) in [5.41, 5.74) is 1.64. The van der Waals surface area contributed by atoms with Crippen molar-refractivity contribution in [3.63, 3.8) is 0 Å². The SMILES string of the molecule is CC(C)(Cc1ccc(F)cc1)C1CC1. The second-order valence-corrected chi connectivity index (χ2v) is 5.07. The van der Waals surface area contributed by atoms with Crippen molar-refractivity contribution in [3.05, 3.63) is 35.6 Å². The summed E-state index contributed by atoms with van der Waals surface area (Å²) in [4.78, 5) is 0. The molecule has 1 fully saturated rings. The molecule has 1 aliphatic carbocycles. The fraction of sp³-hybridized carbons (Fsp3) is 0.538. The predicted octanol–water partition coefficient (Wildman–Crippen LogP) is 3.80.